The molecule has 5 atom stereocenters. The molecule has 0 bridgehead atoms. The minimum absolute atomic E-state index is 0.0118. The van der Waals surface area contributed by atoms with Crippen molar-refractivity contribution in [1.82, 2.24) is 25.5 Å². The molecular weight excluding hydrogens is 697 g/mol. The number of benzene rings is 1. The van der Waals surface area contributed by atoms with E-state index in [1.165, 1.54) is 22.3 Å². The van der Waals surface area contributed by atoms with Crippen LogP contribution in [0.25, 0.3) is 22.3 Å². The molecule has 4 N–H and O–H groups in total. The number of alkyl carbamates (subject to hydrolysis) is 1. The van der Waals surface area contributed by atoms with Gasteiger partial charge in [0, 0.05) is 35.2 Å². The van der Waals surface area contributed by atoms with Crippen LogP contribution >= 0.6 is 11.3 Å². The highest BCUT2D eigenvalue weighted by atomic mass is 32.1. The summed E-state index contributed by atoms with van der Waals surface area (Å²) in [6, 6.07) is 5.71. The first kappa shape index (κ1) is 38.0. The molecule has 1 aliphatic heterocycles. The second-order valence-corrected chi connectivity index (χ2v) is 16.7. The number of amides is 3. The van der Waals surface area contributed by atoms with E-state index in [9.17, 15) is 24.3 Å². The van der Waals surface area contributed by atoms with Crippen molar-refractivity contribution in [3.63, 3.8) is 0 Å². The van der Waals surface area contributed by atoms with Gasteiger partial charge in [0.1, 0.15) is 41.3 Å². The molecule has 2 aliphatic carbocycles. The van der Waals surface area contributed by atoms with Crippen LogP contribution in [0.1, 0.15) is 78.7 Å². The number of nitrogens with one attached hydrogen (secondary N) is 3. The molecular formula is C39H50N6O7S. The zero-order valence-electron chi connectivity index (χ0n) is 31.2. The van der Waals surface area contributed by atoms with Crippen molar-refractivity contribution >= 4 is 51.2 Å². The predicted molar refractivity (Wildman–Crippen MR) is 203 cm³/mol. The number of ether oxygens (including phenoxy) is 2. The number of aromatic nitrogens is 2. The van der Waals surface area contributed by atoms with Gasteiger partial charge in [-0.15, -0.1) is 17.9 Å². The van der Waals surface area contributed by atoms with Crippen LogP contribution in [0.4, 0.5) is 9.93 Å². The highest BCUT2D eigenvalue weighted by molar-refractivity contribution is 7.14. The SMILES string of the molecule is C=CC1CC1(NC(=O)C1CC(Oc2cc(-c3csc(NC(C)C)n3)nc3c(C)cccc23)CN1C(=O)C(NC(=O)OC1CCCC1)C(C)(C)C)C(=O)O. The molecule has 14 heteroatoms. The molecule has 2 aromatic heterocycles. The number of aryl methyl sites for hydroxylation is 1. The van der Waals surface area contributed by atoms with E-state index in [2.05, 4.69) is 22.5 Å². The van der Waals surface area contributed by atoms with Crippen molar-refractivity contribution in [2.75, 3.05) is 11.9 Å². The fourth-order valence-electron chi connectivity index (χ4n) is 7.29. The van der Waals surface area contributed by atoms with Gasteiger partial charge in [0.15, 0.2) is 5.13 Å². The topological polar surface area (TPSA) is 172 Å². The fourth-order valence-corrected chi connectivity index (χ4v) is 8.14. The third-order valence-corrected chi connectivity index (χ3v) is 11.1. The Morgan fingerprint density at radius 1 is 1.11 bits per heavy atom. The van der Waals surface area contributed by atoms with Crippen molar-refractivity contribution < 1.29 is 33.8 Å². The van der Waals surface area contributed by atoms with Crippen LogP contribution < -0.4 is 20.7 Å². The van der Waals surface area contributed by atoms with E-state index in [1.54, 1.807) is 0 Å². The van der Waals surface area contributed by atoms with E-state index in [0.717, 1.165) is 47.3 Å². The van der Waals surface area contributed by atoms with Crippen LogP contribution in [-0.2, 0) is 19.1 Å². The Labute approximate surface area is 313 Å². The van der Waals surface area contributed by atoms with Crippen molar-refractivity contribution in [3.05, 3.63) is 47.9 Å². The number of pyridine rings is 1. The second-order valence-electron chi connectivity index (χ2n) is 15.9. The maximum absolute atomic E-state index is 14.6. The monoisotopic (exact) mass is 746 g/mol. The van der Waals surface area contributed by atoms with Crippen molar-refractivity contribution in [2.24, 2.45) is 11.3 Å². The van der Waals surface area contributed by atoms with Crippen LogP contribution in [-0.4, -0.2) is 86.3 Å². The average Bonchev–Trinajstić information content (AvgIpc) is 3.50. The number of hydrogen-bond acceptors (Lipinski definition) is 10. The number of carboxylic acids is 1. The fraction of sp³-hybridized carbons (Fsp3) is 0.538. The molecule has 2 saturated carbocycles. The third kappa shape index (κ3) is 8.12. The van der Waals surface area contributed by atoms with Crippen molar-refractivity contribution in [2.45, 2.75) is 116 Å². The molecule has 3 aromatic rings. The van der Waals surface area contributed by atoms with Crippen LogP contribution in [0.5, 0.6) is 5.75 Å². The van der Waals surface area contributed by atoms with E-state index in [-0.39, 0.29) is 31.5 Å². The molecule has 53 heavy (non-hydrogen) atoms. The highest BCUT2D eigenvalue weighted by Gasteiger charge is 2.61. The number of likely N-dealkylation sites (tertiary alicyclic amines) is 1. The lowest BCUT2D eigenvalue weighted by Crippen LogP contribution is -2.59. The molecule has 284 valence electrons. The van der Waals surface area contributed by atoms with Gasteiger partial charge in [-0.2, -0.15) is 0 Å². The van der Waals surface area contributed by atoms with Gasteiger partial charge >= 0.3 is 12.1 Å². The number of aliphatic carboxylic acids is 1. The van der Waals surface area contributed by atoms with Gasteiger partial charge in [-0.05, 0) is 69.9 Å². The van der Waals surface area contributed by atoms with E-state index >= 15 is 0 Å². The largest absolute Gasteiger partial charge is 0.488 e. The van der Waals surface area contributed by atoms with Crippen LogP contribution in [0, 0.1) is 18.3 Å². The number of para-hydroxylation sites is 1. The number of fused-ring (bicyclic) bond motifs is 1. The lowest BCUT2D eigenvalue weighted by molar-refractivity contribution is -0.146. The van der Waals surface area contributed by atoms with Crippen molar-refractivity contribution in [3.8, 4) is 17.1 Å². The number of thiazole rings is 1. The summed E-state index contributed by atoms with van der Waals surface area (Å²) >= 11 is 1.48. The van der Waals surface area contributed by atoms with Crippen LogP contribution in [0.15, 0.2) is 42.3 Å². The molecule has 13 nitrogen and oxygen atoms in total. The summed E-state index contributed by atoms with van der Waals surface area (Å²) < 4.78 is 12.4. The zero-order chi connectivity index (χ0) is 38.2. The molecule has 3 fully saturated rings. The quantitative estimate of drug-likeness (QED) is 0.160. The number of anilines is 1. The average molecular weight is 747 g/mol. The molecule has 6 rings (SSSR count). The molecule has 3 aliphatic rings. The Kier molecular flexibility index (Phi) is 10.7. The molecule has 1 aromatic carbocycles. The smallest absolute Gasteiger partial charge is 0.408 e. The Morgan fingerprint density at radius 2 is 1.85 bits per heavy atom. The van der Waals surface area contributed by atoms with E-state index in [0.29, 0.717) is 17.1 Å². The molecule has 3 amide bonds. The van der Waals surface area contributed by atoms with E-state index in [1.807, 2.05) is 71.2 Å². The van der Waals surface area contributed by atoms with Gasteiger partial charge in [0.05, 0.1) is 17.8 Å². The number of hydrogen-bond donors (Lipinski definition) is 4. The van der Waals surface area contributed by atoms with Gasteiger partial charge in [-0.25, -0.2) is 19.6 Å². The minimum Gasteiger partial charge on any atom is -0.488 e. The Morgan fingerprint density at radius 3 is 2.49 bits per heavy atom. The Balaban J connectivity index is 1.32. The first-order chi connectivity index (χ1) is 25.1. The summed E-state index contributed by atoms with van der Waals surface area (Å²) in [6.07, 6.45) is 3.75. The lowest BCUT2D eigenvalue weighted by Gasteiger charge is -2.35. The predicted octanol–water partition coefficient (Wildman–Crippen LogP) is 6.06. The zero-order valence-corrected chi connectivity index (χ0v) is 32.0. The van der Waals surface area contributed by atoms with Gasteiger partial charge in [-0.1, -0.05) is 39.0 Å². The molecule has 3 heterocycles. The maximum Gasteiger partial charge on any atom is 0.408 e. The normalized spacial score (nSPS) is 23.5. The summed E-state index contributed by atoms with van der Waals surface area (Å²) in [5.74, 6) is -2.19. The summed E-state index contributed by atoms with van der Waals surface area (Å²) in [5, 5.41) is 22.4. The minimum atomic E-state index is -1.50. The number of carbonyl (C=O) groups is 4. The van der Waals surface area contributed by atoms with Crippen molar-refractivity contribution in [1.29, 1.82) is 0 Å². The summed E-state index contributed by atoms with van der Waals surface area (Å²) in [4.78, 5) is 65.2. The lowest BCUT2D eigenvalue weighted by atomic mass is 9.85. The van der Waals surface area contributed by atoms with Crippen LogP contribution in [0.3, 0.4) is 0 Å². The third-order valence-electron chi connectivity index (χ3n) is 10.3. The molecule has 1 saturated heterocycles. The van der Waals surface area contributed by atoms with Gasteiger partial charge in [0.2, 0.25) is 11.8 Å². The molecule has 0 spiro atoms. The maximum atomic E-state index is 14.6. The molecule has 0 radical (unpaired) electrons. The second kappa shape index (κ2) is 15.0. The van der Waals surface area contributed by atoms with E-state index in [4.69, 9.17) is 19.4 Å². The Hall–Kier alpha value is -4.72. The molecule has 5 unspecified atom stereocenters. The highest BCUT2D eigenvalue weighted by Crippen LogP contribution is 2.45. The van der Waals surface area contributed by atoms with Gasteiger partial charge in [-0.3, -0.25) is 9.59 Å². The first-order valence-corrected chi connectivity index (χ1v) is 19.2. The van der Waals surface area contributed by atoms with Gasteiger partial charge < -0.3 is 35.4 Å². The van der Waals surface area contributed by atoms with Crippen LogP contribution in [0.2, 0.25) is 0 Å². The number of nitrogens with zero attached hydrogens (tertiary/aromatic N) is 3. The summed E-state index contributed by atoms with van der Waals surface area (Å²) in [7, 11) is 0. The Bertz CT molecular complexity index is 1900. The van der Waals surface area contributed by atoms with E-state index < -0.39 is 58.9 Å². The summed E-state index contributed by atoms with van der Waals surface area (Å²) in [5.41, 5.74) is 0.705. The number of carboxylic acid groups (broad SMARTS) is 1. The first-order valence-electron chi connectivity index (χ1n) is 18.3. The number of carbonyl (C=O) groups excluding carboxylic acids is 3. The number of rotatable bonds is 12. The van der Waals surface area contributed by atoms with Gasteiger partial charge in [0.25, 0.3) is 0 Å². The standard InChI is InChI=1S/C39H50N6O7S/c1-8-23-18-39(23,35(48)49)44-33(46)29-16-25(19-45(29)34(47)32(38(5,6)7)43-37(50)52-24-13-9-10-14-24)51-30-17-27(28-20-53-36(42-28)40-21(2)3)41-31-22(4)12-11-15-26(30)31/h8,11-12,15,17,20-21,23-25,29,32H,1,9-10,13-14,16,18-19H2,2-7H3,(H,40,42)(H,43,50)(H,44,46)(H,48,49). The summed E-state index contributed by atoms with van der Waals surface area (Å²) in [6.45, 7) is 15.3.